The molecule has 0 unspecified atom stereocenters. The summed E-state index contributed by atoms with van der Waals surface area (Å²) in [5.74, 6) is -0.0961. The highest BCUT2D eigenvalue weighted by Crippen LogP contribution is 2.37. The molecule has 0 saturated carbocycles. The van der Waals surface area contributed by atoms with Gasteiger partial charge in [0.15, 0.2) is 0 Å². The van der Waals surface area contributed by atoms with E-state index in [1.54, 1.807) is 6.07 Å². The number of carbonyl (C=O) groups is 2. The second-order valence-electron chi connectivity index (χ2n) is 7.61. The van der Waals surface area contributed by atoms with E-state index < -0.39 is 0 Å². The number of aromatic nitrogens is 2. The van der Waals surface area contributed by atoms with Crippen molar-refractivity contribution in [2.24, 2.45) is 0 Å². The van der Waals surface area contributed by atoms with Gasteiger partial charge in [0.1, 0.15) is 6.04 Å². The van der Waals surface area contributed by atoms with Crippen molar-refractivity contribution in [3.05, 3.63) is 54.4 Å². The number of amides is 2. The average Bonchev–Trinajstić information content (AvgIpc) is 3.39. The Balaban J connectivity index is 1.20. The number of nitrogens with one attached hydrogen (secondary N) is 2. The van der Waals surface area contributed by atoms with Crippen LogP contribution in [-0.2, 0) is 11.3 Å². The number of benzene rings is 2. The molecule has 7 nitrogen and oxygen atoms in total. The molecule has 0 spiro atoms. The summed E-state index contributed by atoms with van der Waals surface area (Å²) in [5.41, 5.74) is 4.38. The Morgan fingerprint density at radius 2 is 2.14 bits per heavy atom. The predicted octanol–water partition coefficient (Wildman–Crippen LogP) is 2.78. The number of hydrogen-bond acceptors (Lipinski definition) is 4. The Bertz CT molecular complexity index is 1090. The summed E-state index contributed by atoms with van der Waals surface area (Å²) >= 11 is 0. The summed E-state index contributed by atoms with van der Waals surface area (Å²) in [6.07, 6.45) is 4.55. The third-order valence-electron chi connectivity index (χ3n) is 5.77. The maximum atomic E-state index is 12.6. The minimum Gasteiger partial charge on any atom is -0.358 e. The Hall–Kier alpha value is -3.35. The van der Waals surface area contributed by atoms with Crippen molar-refractivity contribution in [2.75, 3.05) is 23.3 Å². The zero-order chi connectivity index (χ0) is 19.8. The first-order valence-electron chi connectivity index (χ1n) is 10.1. The van der Waals surface area contributed by atoms with Crippen LogP contribution in [0.15, 0.2) is 48.8 Å². The molecular weight excluding hydrogens is 366 g/mol. The molecule has 2 N–H and O–H groups in total. The molecule has 29 heavy (non-hydrogen) atoms. The summed E-state index contributed by atoms with van der Waals surface area (Å²) in [5, 5.41) is 5.93. The third kappa shape index (κ3) is 3.22. The van der Waals surface area contributed by atoms with Gasteiger partial charge >= 0.3 is 0 Å². The molecule has 2 aliphatic rings. The van der Waals surface area contributed by atoms with E-state index in [9.17, 15) is 9.59 Å². The lowest BCUT2D eigenvalue weighted by atomic mass is 10.1. The molecule has 1 atom stereocenters. The quantitative estimate of drug-likeness (QED) is 0.658. The maximum Gasteiger partial charge on any atom is 0.251 e. The number of carbonyl (C=O) groups excluding carboxylic acids is 2. The molecule has 1 aromatic heterocycles. The van der Waals surface area contributed by atoms with Gasteiger partial charge in [-0.25, -0.2) is 4.98 Å². The van der Waals surface area contributed by atoms with E-state index in [4.69, 9.17) is 0 Å². The summed E-state index contributed by atoms with van der Waals surface area (Å²) in [6.45, 7) is 2.25. The molecule has 1 saturated heterocycles. The van der Waals surface area contributed by atoms with Crippen molar-refractivity contribution in [3.63, 3.8) is 0 Å². The first kappa shape index (κ1) is 17.7. The molecule has 3 aromatic rings. The first-order chi connectivity index (χ1) is 14.2. The zero-order valence-corrected chi connectivity index (χ0v) is 16.1. The molecule has 2 amide bonds. The number of fused-ring (bicyclic) bond motifs is 4. The fourth-order valence-electron chi connectivity index (χ4n) is 4.31. The van der Waals surface area contributed by atoms with Gasteiger partial charge in [0.05, 0.1) is 28.7 Å². The van der Waals surface area contributed by atoms with E-state index in [-0.39, 0.29) is 17.9 Å². The summed E-state index contributed by atoms with van der Waals surface area (Å²) in [6, 6.07) is 13.5. The number of rotatable bonds is 5. The van der Waals surface area contributed by atoms with Gasteiger partial charge in [-0.2, -0.15) is 0 Å². The average molecular weight is 389 g/mol. The fourth-order valence-corrected chi connectivity index (χ4v) is 4.31. The SMILES string of the molecule is O=C(NCCCn1cnc2ccccc21)c1ccc2c(c1)NC(=O)[C@H]1CCCN21. The van der Waals surface area contributed by atoms with Gasteiger partial charge < -0.3 is 20.1 Å². The molecule has 2 aliphatic heterocycles. The second-order valence-corrected chi connectivity index (χ2v) is 7.61. The Morgan fingerprint density at radius 1 is 1.24 bits per heavy atom. The monoisotopic (exact) mass is 389 g/mol. The first-order valence-corrected chi connectivity index (χ1v) is 10.1. The normalized spacial score (nSPS) is 17.7. The molecule has 3 heterocycles. The maximum absolute atomic E-state index is 12.6. The van der Waals surface area contributed by atoms with Crippen LogP contribution in [0.25, 0.3) is 11.0 Å². The molecule has 5 rings (SSSR count). The molecule has 0 radical (unpaired) electrons. The van der Waals surface area contributed by atoms with E-state index >= 15 is 0 Å². The molecule has 148 valence electrons. The van der Waals surface area contributed by atoms with Crippen LogP contribution in [0.4, 0.5) is 11.4 Å². The number of aryl methyl sites for hydroxylation is 1. The fraction of sp³-hybridized carbons (Fsp3) is 0.318. The number of imidazole rings is 1. The highest BCUT2D eigenvalue weighted by atomic mass is 16.2. The number of nitrogens with zero attached hydrogens (tertiary/aromatic N) is 3. The standard InChI is InChI=1S/C22H23N5O2/c28-21(23-10-4-11-26-14-24-16-5-1-2-6-18(16)26)15-8-9-19-17(13-15)25-22(29)20-7-3-12-27(19)20/h1-2,5-6,8-9,13-14,20H,3-4,7,10-12H2,(H,23,28)(H,25,29)/t20-/m1/s1. The van der Waals surface area contributed by atoms with Crippen molar-refractivity contribution in [1.29, 1.82) is 0 Å². The van der Waals surface area contributed by atoms with E-state index in [1.807, 2.05) is 42.7 Å². The number of anilines is 2. The smallest absolute Gasteiger partial charge is 0.251 e. The van der Waals surface area contributed by atoms with Crippen molar-refractivity contribution < 1.29 is 9.59 Å². The van der Waals surface area contributed by atoms with Crippen LogP contribution in [0.3, 0.4) is 0 Å². The van der Waals surface area contributed by atoms with Gasteiger partial charge in [-0.1, -0.05) is 12.1 Å². The zero-order valence-electron chi connectivity index (χ0n) is 16.1. The van der Waals surface area contributed by atoms with Crippen molar-refractivity contribution in [2.45, 2.75) is 31.8 Å². The molecule has 1 fully saturated rings. The summed E-state index contributed by atoms with van der Waals surface area (Å²) < 4.78 is 2.10. The Labute approximate surface area is 168 Å². The van der Waals surface area contributed by atoms with Crippen molar-refractivity contribution >= 4 is 34.2 Å². The van der Waals surface area contributed by atoms with Crippen LogP contribution in [0.5, 0.6) is 0 Å². The predicted molar refractivity (Wildman–Crippen MR) is 112 cm³/mol. The van der Waals surface area contributed by atoms with E-state index in [1.165, 1.54) is 0 Å². The minimum absolute atomic E-state index is 0.0279. The van der Waals surface area contributed by atoms with Gasteiger partial charge in [0.25, 0.3) is 5.91 Å². The largest absolute Gasteiger partial charge is 0.358 e. The topological polar surface area (TPSA) is 79.3 Å². The van der Waals surface area contributed by atoms with Gasteiger partial charge in [0, 0.05) is 25.2 Å². The molecule has 0 bridgehead atoms. The second kappa shape index (κ2) is 7.24. The van der Waals surface area contributed by atoms with Crippen molar-refractivity contribution in [1.82, 2.24) is 14.9 Å². The van der Waals surface area contributed by atoms with Gasteiger partial charge in [-0.3, -0.25) is 9.59 Å². The van der Waals surface area contributed by atoms with E-state index in [2.05, 4.69) is 25.1 Å². The Kier molecular flexibility index (Phi) is 4.42. The van der Waals surface area contributed by atoms with Crippen molar-refractivity contribution in [3.8, 4) is 0 Å². The van der Waals surface area contributed by atoms with Crippen LogP contribution in [0, 0.1) is 0 Å². The number of para-hydroxylation sites is 2. The van der Waals surface area contributed by atoms with E-state index in [0.717, 1.165) is 54.8 Å². The lowest BCUT2D eigenvalue weighted by molar-refractivity contribution is -0.117. The Morgan fingerprint density at radius 3 is 3.07 bits per heavy atom. The van der Waals surface area contributed by atoms with Crippen LogP contribution >= 0.6 is 0 Å². The molecule has 0 aliphatic carbocycles. The third-order valence-corrected chi connectivity index (χ3v) is 5.77. The van der Waals surface area contributed by atoms with Crippen LogP contribution < -0.4 is 15.5 Å². The van der Waals surface area contributed by atoms with Crippen LogP contribution in [0.1, 0.15) is 29.6 Å². The van der Waals surface area contributed by atoms with Gasteiger partial charge in [-0.05, 0) is 49.6 Å². The number of hydrogen-bond donors (Lipinski definition) is 2. The van der Waals surface area contributed by atoms with Gasteiger partial charge in [-0.15, -0.1) is 0 Å². The lowest BCUT2D eigenvalue weighted by Gasteiger charge is -2.33. The molecule has 7 heteroatoms. The summed E-state index contributed by atoms with van der Waals surface area (Å²) in [7, 11) is 0. The lowest BCUT2D eigenvalue weighted by Crippen LogP contribution is -2.44. The highest BCUT2D eigenvalue weighted by molar-refractivity contribution is 6.06. The minimum atomic E-state index is -0.124. The van der Waals surface area contributed by atoms with E-state index in [0.29, 0.717) is 12.1 Å². The van der Waals surface area contributed by atoms with Crippen LogP contribution in [-0.4, -0.2) is 40.5 Å². The highest BCUT2D eigenvalue weighted by Gasteiger charge is 2.36. The molecule has 2 aromatic carbocycles. The summed E-state index contributed by atoms with van der Waals surface area (Å²) in [4.78, 5) is 31.4. The van der Waals surface area contributed by atoms with Crippen LogP contribution in [0.2, 0.25) is 0 Å². The molecular formula is C22H23N5O2. The van der Waals surface area contributed by atoms with Gasteiger partial charge in [0.2, 0.25) is 5.91 Å².